The van der Waals surface area contributed by atoms with Crippen LogP contribution >= 0.6 is 11.3 Å². The van der Waals surface area contributed by atoms with Gasteiger partial charge in [-0.1, -0.05) is 30.3 Å². The van der Waals surface area contributed by atoms with Gasteiger partial charge in [0.25, 0.3) is 5.91 Å². The minimum atomic E-state index is -0.999. The first-order chi connectivity index (χ1) is 9.58. The molecule has 0 saturated heterocycles. The molecule has 0 aliphatic heterocycles. The second kappa shape index (κ2) is 6.34. The van der Waals surface area contributed by atoms with Crippen LogP contribution in [0.15, 0.2) is 42.5 Å². The van der Waals surface area contributed by atoms with Crippen molar-refractivity contribution in [1.29, 1.82) is 0 Å². The summed E-state index contributed by atoms with van der Waals surface area (Å²) in [5.74, 6) is -1.14. The predicted molar refractivity (Wildman–Crippen MR) is 78.4 cm³/mol. The van der Waals surface area contributed by atoms with Crippen molar-refractivity contribution >= 4 is 23.2 Å². The first kappa shape index (κ1) is 14.3. The van der Waals surface area contributed by atoms with E-state index in [2.05, 4.69) is 0 Å². The second-order valence-corrected chi connectivity index (χ2v) is 5.52. The quantitative estimate of drug-likeness (QED) is 0.920. The summed E-state index contributed by atoms with van der Waals surface area (Å²) in [7, 11) is 1.73. The molecule has 104 valence electrons. The van der Waals surface area contributed by atoms with Crippen LogP contribution in [-0.4, -0.2) is 35.5 Å². The van der Waals surface area contributed by atoms with Gasteiger partial charge >= 0.3 is 5.97 Å². The number of benzene rings is 1. The lowest BCUT2D eigenvalue weighted by molar-refractivity contribution is 0.0701. The Balaban J connectivity index is 1.96. The molecule has 4 nitrogen and oxygen atoms in total. The van der Waals surface area contributed by atoms with E-state index in [0.717, 1.165) is 17.8 Å². The molecule has 1 N–H and O–H groups in total. The van der Waals surface area contributed by atoms with Gasteiger partial charge in [0.15, 0.2) is 0 Å². The third kappa shape index (κ3) is 3.45. The summed E-state index contributed by atoms with van der Waals surface area (Å²) in [6.07, 6.45) is 0.778. The molecule has 5 heteroatoms. The van der Waals surface area contributed by atoms with Crippen molar-refractivity contribution in [2.24, 2.45) is 0 Å². The molecule has 0 aliphatic rings. The Morgan fingerprint density at radius 2 is 1.75 bits per heavy atom. The zero-order valence-corrected chi connectivity index (χ0v) is 11.9. The maximum atomic E-state index is 12.1. The molecule has 0 saturated carbocycles. The van der Waals surface area contributed by atoms with Crippen molar-refractivity contribution in [3.8, 4) is 0 Å². The summed E-state index contributed by atoms with van der Waals surface area (Å²) in [6.45, 7) is 0.600. The van der Waals surface area contributed by atoms with Gasteiger partial charge < -0.3 is 10.0 Å². The lowest BCUT2D eigenvalue weighted by atomic mass is 10.1. The van der Waals surface area contributed by atoms with E-state index in [1.165, 1.54) is 11.6 Å². The van der Waals surface area contributed by atoms with Gasteiger partial charge in [0, 0.05) is 13.6 Å². The van der Waals surface area contributed by atoms with E-state index in [1.807, 2.05) is 30.3 Å². The smallest absolute Gasteiger partial charge is 0.345 e. The molecule has 0 aliphatic carbocycles. The highest BCUT2D eigenvalue weighted by Gasteiger charge is 2.16. The molecule has 2 aromatic rings. The third-order valence-electron chi connectivity index (χ3n) is 2.95. The van der Waals surface area contributed by atoms with Crippen molar-refractivity contribution in [3.05, 3.63) is 57.8 Å². The Hall–Kier alpha value is -2.14. The lowest BCUT2D eigenvalue weighted by Crippen LogP contribution is -2.28. The topological polar surface area (TPSA) is 57.6 Å². The number of amides is 1. The van der Waals surface area contributed by atoms with Gasteiger partial charge in [0.05, 0.1) is 4.88 Å². The highest BCUT2D eigenvalue weighted by atomic mass is 32.1. The van der Waals surface area contributed by atoms with Crippen molar-refractivity contribution in [2.75, 3.05) is 13.6 Å². The predicted octanol–water partition coefficient (Wildman–Crippen LogP) is 2.76. The molecule has 2 rings (SSSR count). The van der Waals surface area contributed by atoms with E-state index in [0.29, 0.717) is 11.4 Å². The van der Waals surface area contributed by atoms with Crippen LogP contribution in [0.4, 0.5) is 0 Å². The standard InChI is InChI=1S/C15H15NO3S/c1-16(10-9-11-5-3-2-4-6-11)14(17)12-7-8-13(20-12)15(18)19/h2-8H,9-10H2,1H3,(H,18,19). The number of carboxylic acids is 1. The number of carboxylic acid groups (broad SMARTS) is 1. The van der Waals surface area contributed by atoms with Gasteiger partial charge in [-0.2, -0.15) is 0 Å². The Morgan fingerprint density at radius 1 is 1.10 bits per heavy atom. The first-order valence-electron chi connectivity index (χ1n) is 6.20. The number of carbonyl (C=O) groups excluding carboxylic acids is 1. The van der Waals surface area contributed by atoms with Crippen LogP contribution in [0.3, 0.4) is 0 Å². The second-order valence-electron chi connectivity index (χ2n) is 4.43. The number of carbonyl (C=O) groups is 2. The Kier molecular flexibility index (Phi) is 4.53. The van der Waals surface area contributed by atoms with Crippen LogP contribution in [-0.2, 0) is 6.42 Å². The summed E-state index contributed by atoms with van der Waals surface area (Å²) >= 11 is 1.01. The molecule has 1 aromatic carbocycles. The largest absolute Gasteiger partial charge is 0.477 e. The van der Waals surface area contributed by atoms with E-state index in [1.54, 1.807) is 18.0 Å². The van der Waals surface area contributed by atoms with Crippen molar-refractivity contribution in [3.63, 3.8) is 0 Å². The van der Waals surface area contributed by atoms with Gasteiger partial charge in [-0.3, -0.25) is 4.79 Å². The van der Waals surface area contributed by atoms with E-state index < -0.39 is 5.97 Å². The van der Waals surface area contributed by atoms with E-state index in [4.69, 9.17) is 5.11 Å². The highest BCUT2D eigenvalue weighted by Crippen LogP contribution is 2.18. The Morgan fingerprint density at radius 3 is 2.35 bits per heavy atom. The SMILES string of the molecule is CN(CCc1ccccc1)C(=O)c1ccc(C(=O)O)s1. The van der Waals surface area contributed by atoms with Crippen molar-refractivity contribution < 1.29 is 14.7 Å². The Labute approximate surface area is 121 Å². The number of likely N-dealkylation sites (N-methyl/N-ethyl adjacent to an activating group) is 1. The van der Waals surface area contributed by atoms with Crippen LogP contribution in [0, 0.1) is 0 Å². The first-order valence-corrected chi connectivity index (χ1v) is 7.02. The summed E-state index contributed by atoms with van der Waals surface area (Å²) in [5.41, 5.74) is 1.17. The van der Waals surface area contributed by atoms with Gasteiger partial charge in [-0.15, -0.1) is 11.3 Å². The van der Waals surface area contributed by atoms with Crippen LogP contribution in [0.2, 0.25) is 0 Å². The summed E-state index contributed by atoms with van der Waals surface area (Å²) in [6, 6.07) is 13.0. The molecule has 0 atom stereocenters. The minimum absolute atomic E-state index is 0.140. The average Bonchev–Trinajstić information content (AvgIpc) is 2.95. The van der Waals surface area contributed by atoms with Gasteiger partial charge in [0.1, 0.15) is 4.88 Å². The third-order valence-corrected chi connectivity index (χ3v) is 4.01. The van der Waals surface area contributed by atoms with Crippen LogP contribution in [0.1, 0.15) is 24.9 Å². The summed E-state index contributed by atoms with van der Waals surface area (Å²) in [5, 5.41) is 8.86. The normalized spacial score (nSPS) is 10.2. The molecular weight excluding hydrogens is 274 g/mol. The fourth-order valence-electron chi connectivity index (χ4n) is 1.80. The molecular formula is C15H15NO3S. The minimum Gasteiger partial charge on any atom is -0.477 e. The van der Waals surface area contributed by atoms with E-state index in [-0.39, 0.29) is 10.8 Å². The maximum Gasteiger partial charge on any atom is 0.345 e. The maximum absolute atomic E-state index is 12.1. The number of rotatable bonds is 5. The molecule has 0 fully saturated rings. The molecule has 20 heavy (non-hydrogen) atoms. The lowest BCUT2D eigenvalue weighted by Gasteiger charge is -2.16. The Bertz CT molecular complexity index is 607. The zero-order chi connectivity index (χ0) is 14.5. The molecule has 0 spiro atoms. The summed E-state index contributed by atoms with van der Waals surface area (Å²) < 4.78 is 0. The average molecular weight is 289 g/mol. The number of hydrogen-bond donors (Lipinski definition) is 1. The van der Waals surface area contributed by atoms with Gasteiger partial charge in [-0.05, 0) is 24.1 Å². The molecule has 0 radical (unpaired) electrons. The fourth-order valence-corrected chi connectivity index (χ4v) is 2.64. The number of nitrogens with zero attached hydrogens (tertiary/aromatic N) is 1. The number of thiophene rings is 1. The molecule has 0 unspecified atom stereocenters. The van der Waals surface area contributed by atoms with Gasteiger partial charge in [0.2, 0.25) is 0 Å². The van der Waals surface area contributed by atoms with Crippen LogP contribution in [0.5, 0.6) is 0 Å². The summed E-state index contributed by atoms with van der Waals surface area (Å²) in [4.78, 5) is 25.2. The van der Waals surface area contributed by atoms with Crippen LogP contribution < -0.4 is 0 Å². The number of aromatic carboxylic acids is 1. The van der Waals surface area contributed by atoms with Crippen LogP contribution in [0.25, 0.3) is 0 Å². The molecule has 1 aromatic heterocycles. The van der Waals surface area contributed by atoms with E-state index in [9.17, 15) is 9.59 Å². The highest BCUT2D eigenvalue weighted by molar-refractivity contribution is 7.15. The van der Waals surface area contributed by atoms with E-state index >= 15 is 0 Å². The molecule has 1 amide bonds. The monoisotopic (exact) mass is 289 g/mol. The van der Waals surface area contributed by atoms with Gasteiger partial charge in [-0.25, -0.2) is 4.79 Å². The number of hydrogen-bond acceptors (Lipinski definition) is 3. The van der Waals surface area contributed by atoms with Crippen molar-refractivity contribution in [1.82, 2.24) is 4.90 Å². The zero-order valence-electron chi connectivity index (χ0n) is 11.1. The molecule has 1 heterocycles. The fraction of sp³-hybridized carbons (Fsp3) is 0.200. The molecule has 0 bridgehead atoms. The van der Waals surface area contributed by atoms with Crippen molar-refractivity contribution in [2.45, 2.75) is 6.42 Å².